The second kappa shape index (κ2) is 6.21. The van der Waals surface area contributed by atoms with E-state index in [-0.39, 0.29) is 6.61 Å². The summed E-state index contributed by atoms with van der Waals surface area (Å²) in [4.78, 5) is 4.86. The van der Waals surface area contributed by atoms with Crippen molar-refractivity contribution in [1.82, 2.24) is 4.90 Å². The summed E-state index contributed by atoms with van der Waals surface area (Å²) in [5.41, 5.74) is 1.29. The van der Waals surface area contributed by atoms with Crippen molar-refractivity contribution >= 4 is 5.69 Å². The highest BCUT2D eigenvalue weighted by molar-refractivity contribution is 5.47. The van der Waals surface area contributed by atoms with Crippen molar-refractivity contribution in [3.63, 3.8) is 0 Å². The molecule has 1 saturated heterocycles. The Labute approximate surface area is 110 Å². The van der Waals surface area contributed by atoms with E-state index in [0.717, 1.165) is 19.5 Å². The molecule has 0 aliphatic carbocycles. The third-order valence-electron chi connectivity index (χ3n) is 4.01. The standard InChI is InChI=1S/C15H24N2O/c1-13-8-10-16(2)15(9-11-18)12-17(13)14-6-4-3-5-7-14/h3-7,13,15,18H,8-12H2,1-2H3. The number of para-hydroxylation sites is 1. The van der Waals surface area contributed by atoms with E-state index in [0.29, 0.717) is 12.1 Å². The summed E-state index contributed by atoms with van der Waals surface area (Å²) in [5.74, 6) is 0. The molecule has 2 atom stereocenters. The Balaban J connectivity index is 2.17. The number of hydrogen-bond acceptors (Lipinski definition) is 3. The molecule has 1 aromatic rings. The Hall–Kier alpha value is -1.06. The minimum atomic E-state index is 0.270. The first-order valence-corrected chi connectivity index (χ1v) is 6.85. The lowest BCUT2D eigenvalue weighted by Crippen LogP contribution is -2.41. The van der Waals surface area contributed by atoms with Crippen LogP contribution in [0.25, 0.3) is 0 Å². The van der Waals surface area contributed by atoms with Crippen LogP contribution in [-0.2, 0) is 0 Å². The number of rotatable bonds is 3. The number of likely N-dealkylation sites (N-methyl/N-ethyl adjacent to an activating group) is 1. The zero-order valence-corrected chi connectivity index (χ0v) is 11.4. The van der Waals surface area contributed by atoms with Gasteiger partial charge >= 0.3 is 0 Å². The lowest BCUT2D eigenvalue weighted by atomic mass is 10.1. The van der Waals surface area contributed by atoms with Crippen molar-refractivity contribution in [1.29, 1.82) is 0 Å². The van der Waals surface area contributed by atoms with Crippen molar-refractivity contribution in [3.8, 4) is 0 Å². The molecule has 1 aliphatic heterocycles. The summed E-state index contributed by atoms with van der Waals surface area (Å²) >= 11 is 0. The number of aliphatic hydroxyl groups excluding tert-OH is 1. The van der Waals surface area contributed by atoms with Gasteiger partial charge in [-0.3, -0.25) is 0 Å². The van der Waals surface area contributed by atoms with Gasteiger partial charge in [0.2, 0.25) is 0 Å². The van der Waals surface area contributed by atoms with Crippen LogP contribution in [0.1, 0.15) is 19.8 Å². The van der Waals surface area contributed by atoms with E-state index in [1.807, 2.05) is 0 Å². The molecule has 2 unspecified atom stereocenters. The maximum Gasteiger partial charge on any atom is 0.0446 e. The molecular weight excluding hydrogens is 224 g/mol. The Morgan fingerprint density at radius 1 is 1.28 bits per heavy atom. The van der Waals surface area contributed by atoms with E-state index in [9.17, 15) is 5.11 Å². The highest BCUT2D eigenvalue weighted by atomic mass is 16.3. The molecule has 3 nitrogen and oxygen atoms in total. The van der Waals surface area contributed by atoms with Gasteiger partial charge < -0.3 is 14.9 Å². The van der Waals surface area contributed by atoms with Crippen molar-refractivity contribution in [2.45, 2.75) is 31.8 Å². The van der Waals surface area contributed by atoms with Crippen LogP contribution >= 0.6 is 0 Å². The molecule has 18 heavy (non-hydrogen) atoms. The van der Waals surface area contributed by atoms with Gasteiger partial charge in [0.15, 0.2) is 0 Å². The average molecular weight is 248 g/mol. The minimum absolute atomic E-state index is 0.270. The SMILES string of the molecule is CC1CCN(C)C(CCO)CN1c1ccccc1. The summed E-state index contributed by atoms with van der Waals surface area (Å²) in [6.45, 7) is 4.67. The fraction of sp³-hybridized carbons (Fsp3) is 0.600. The van der Waals surface area contributed by atoms with Gasteiger partial charge in [-0.2, -0.15) is 0 Å². The molecule has 1 heterocycles. The lowest BCUT2D eigenvalue weighted by molar-refractivity contribution is 0.196. The Morgan fingerprint density at radius 3 is 2.67 bits per heavy atom. The first kappa shape index (κ1) is 13.4. The van der Waals surface area contributed by atoms with Gasteiger partial charge in [0.25, 0.3) is 0 Å². The predicted octanol–water partition coefficient (Wildman–Crippen LogP) is 1.97. The third kappa shape index (κ3) is 3.03. The van der Waals surface area contributed by atoms with Crippen molar-refractivity contribution in [3.05, 3.63) is 30.3 Å². The molecule has 1 fully saturated rings. The Morgan fingerprint density at radius 2 is 2.00 bits per heavy atom. The average Bonchev–Trinajstić information content (AvgIpc) is 2.53. The van der Waals surface area contributed by atoms with E-state index in [2.05, 4.69) is 54.1 Å². The molecule has 0 bridgehead atoms. The van der Waals surface area contributed by atoms with E-state index in [1.165, 1.54) is 12.1 Å². The van der Waals surface area contributed by atoms with Crippen molar-refractivity contribution < 1.29 is 5.11 Å². The molecule has 0 saturated carbocycles. The summed E-state index contributed by atoms with van der Waals surface area (Å²) < 4.78 is 0. The van der Waals surface area contributed by atoms with Crippen LogP contribution in [0, 0.1) is 0 Å². The van der Waals surface area contributed by atoms with Gasteiger partial charge in [-0.25, -0.2) is 0 Å². The summed E-state index contributed by atoms with van der Waals surface area (Å²) in [7, 11) is 2.17. The molecule has 100 valence electrons. The van der Waals surface area contributed by atoms with Crippen molar-refractivity contribution in [2.75, 3.05) is 31.6 Å². The lowest BCUT2D eigenvalue weighted by Gasteiger charge is -2.32. The largest absolute Gasteiger partial charge is 0.396 e. The fourth-order valence-electron chi connectivity index (χ4n) is 2.72. The van der Waals surface area contributed by atoms with Gasteiger partial charge in [0.1, 0.15) is 0 Å². The monoisotopic (exact) mass is 248 g/mol. The Kier molecular flexibility index (Phi) is 4.61. The van der Waals surface area contributed by atoms with Crippen LogP contribution < -0.4 is 4.90 Å². The summed E-state index contributed by atoms with van der Waals surface area (Å²) in [5, 5.41) is 9.21. The van der Waals surface area contributed by atoms with Gasteiger partial charge in [-0.15, -0.1) is 0 Å². The maximum absolute atomic E-state index is 9.21. The number of aliphatic hydroxyl groups is 1. The Bertz CT molecular complexity index is 355. The van der Waals surface area contributed by atoms with Crippen LogP contribution in [0.15, 0.2) is 30.3 Å². The first-order valence-electron chi connectivity index (χ1n) is 6.85. The zero-order chi connectivity index (χ0) is 13.0. The number of nitrogens with zero attached hydrogens (tertiary/aromatic N) is 2. The van der Waals surface area contributed by atoms with Gasteiger partial charge in [0, 0.05) is 37.5 Å². The van der Waals surface area contributed by atoms with E-state index in [4.69, 9.17) is 0 Å². The minimum Gasteiger partial charge on any atom is -0.396 e. The maximum atomic E-state index is 9.21. The number of hydrogen-bond donors (Lipinski definition) is 1. The van der Waals surface area contributed by atoms with E-state index < -0.39 is 0 Å². The summed E-state index contributed by atoms with van der Waals surface area (Å²) in [6, 6.07) is 11.6. The van der Waals surface area contributed by atoms with Crippen molar-refractivity contribution in [2.24, 2.45) is 0 Å². The van der Waals surface area contributed by atoms with Crippen LogP contribution in [0.4, 0.5) is 5.69 Å². The molecule has 0 amide bonds. The topological polar surface area (TPSA) is 26.7 Å². The first-order chi connectivity index (χ1) is 8.72. The molecule has 0 aromatic heterocycles. The quantitative estimate of drug-likeness (QED) is 0.886. The summed E-state index contributed by atoms with van der Waals surface area (Å²) in [6.07, 6.45) is 2.03. The molecule has 1 aliphatic rings. The molecular formula is C15H24N2O. The zero-order valence-electron chi connectivity index (χ0n) is 11.4. The van der Waals surface area contributed by atoms with E-state index >= 15 is 0 Å². The molecule has 2 rings (SSSR count). The highest BCUT2D eigenvalue weighted by Gasteiger charge is 2.26. The molecule has 3 heteroatoms. The predicted molar refractivity (Wildman–Crippen MR) is 76.0 cm³/mol. The molecule has 1 N–H and O–H groups in total. The molecule has 0 spiro atoms. The second-order valence-corrected chi connectivity index (χ2v) is 5.27. The van der Waals surface area contributed by atoms with Crippen LogP contribution in [0.5, 0.6) is 0 Å². The highest BCUT2D eigenvalue weighted by Crippen LogP contribution is 2.23. The van der Waals surface area contributed by atoms with Gasteiger partial charge in [0.05, 0.1) is 0 Å². The molecule has 0 radical (unpaired) electrons. The second-order valence-electron chi connectivity index (χ2n) is 5.27. The van der Waals surface area contributed by atoms with Gasteiger partial charge in [-0.1, -0.05) is 18.2 Å². The number of anilines is 1. The fourth-order valence-corrected chi connectivity index (χ4v) is 2.72. The van der Waals surface area contributed by atoms with Crippen LogP contribution in [0.2, 0.25) is 0 Å². The van der Waals surface area contributed by atoms with Gasteiger partial charge in [-0.05, 0) is 38.9 Å². The van der Waals surface area contributed by atoms with Crippen LogP contribution in [-0.4, -0.2) is 48.8 Å². The van der Waals surface area contributed by atoms with Crippen LogP contribution in [0.3, 0.4) is 0 Å². The normalized spacial score (nSPS) is 26.1. The molecule has 1 aromatic carbocycles. The smallest absolute Gasteiger partial charge is 0.0446 e. The number of benzene rings is 1. The third-order valence-corrected chi connectivity index (χ3v) is 4.01. The van der Waals surface area contributed by atoms with E-state index in [1.54, 1.807) is 0 Å².